The fourth-order valence-corrected chi connectivity index (χ4v) is 5.15. The fraction of sp³-hybridized carbons (Fsp3) is 0.280. The van der Waals surface area contributed by atoms with Gasteiger partial charge in [0, 0.05) is 21.8 Å². The standard InChI is InChI=1S/C25H26BNO2S/c1-24(2)25(3,4)29-26(28-24)17-18-14-15-21-23(16-18)30-22-13-9-8-12-20(22)27(21)19-10-6-5-7-11-19/h5-16H,17H2,1-4H3. The lowest BCUT2D eigenvalue weighted by Crippen LogP contribution is -2.41. The zero-order valence-electron chi connectivity index (χ0n) is 17.9. The molecule has 0 aromatic heterocycles. The molecule has 0 bridgehead atoms. The third-order valence-corrected chi connectivity index (χ3v) is 7.42. The SMILES string of the molecule is CC1(C)OB(Cc2ccc3c(c2)Sc2ccccc2N3c2ccccc2)OC1(C)C. The van der Waals surface area contributed by atoms with E-state index in [1.54, 1.807) is 0 Å². The topological polar surface area (TPSA) is 21.7 Å². The molecule has 0 saturated carbocycles. The summed E-state index contributed by atoms with van der Waals surface area (Å²) in [6, 6.07) is 25.9. The maximum absolute atomic E-state index is 6.22. The Morgan fingerprint density at radius 2 is 1.40 bits per heavy atom. The fourth-order valence-electron chi connectivity index (χ4n) is 4.02. The van der Waals surface area contributed by atoms with Crippen molar-refractivity contribution in [3.63, 3.8) is 0 Å². The Balaban J connectivity index is 1.49. The van der Waals surface area contributed by atoms with Gasteiger partial charge >= 0.3 is 7.12 Å². The highest BCUT2D eigenvalue weighted by Gasteiger charge is 2.50. The Morgan fingerprint density at radius 1 is 0.767 bits per heavy atom. The second kappa shape index (κ2) is 7.19. The number of rotatable bonds is 3. The molecular weight excluding hydrogens is 389 g/mol. The number of anilines is 3. The van der Waals surface area contributed by atoms with Gasteiger partial charge < -0.3 is 14.2 Å². The smallest absolute Gasteiger partial charge is 0.403 e. The maximum Gasteiger partial charge on any atom is 0.462 e. The van der Waals surface area contributed by atoms with Gasteiger partial charge in [-0.25, -0.2) is 0 Å². The van der Waals surface area contributed by atoms with Gasteiger partial charge in [0.1, 0.15) is 0 Å². The molecule has 1 saturated heterocycles. The van der Waals surface area contributed by atoms with Crippen molar-refractivity contribution in [1.29, 1.82) is 0 Å². The maximum atomic E-state index is 6.22. The summed E-state index contributed by atoms with van der Waals surface area (Å²) in [6.07, 6.45) is 0.744. The van der Waals surface area contributed by atoms with Crippen LogP contribution < -0.4 is 4.90 Å². The molecule has 2 aliphatic heterocycles. The minimum absolute atomic E-state index is 0.223. The lowest BCUT2D eigenvalue weighted by molar-refractivity contribution is 0.00578. The number of para-hydroxylation sites is 2. The molecule has 0 amide bonds. The van der Waals surface area contributed by atoms with Gasteiger partial charge in [0.25, 0.3) is 0 Å². The van der Waals surface area contributed by atoms with Crippen LogP contribution in [0.25, 0.3) is 0 Å². The molecule has 3 aromatic carbocycles. The van der Waals surface area contributed by atoms with Crippen molar-refractivity contribution in [1.82, 2.24) is 0 Å². The average molecular weight is 415 g/mol. The molecule has 2 heterocycles. The van der Waals surface area contributed by atoms with Crippen LogP contribution in [0.2, 0.25) is 0 Å². The summed E-state index contributed by atoms with van der Waals surface area (Å²) in [7, 11) is -0.223. The normalized spacial score (nSPS) is 18.8. The van der Waals surface area contributed by atoms with E-state index in [0.29, 0.717) is 0 Å². The van der Waals surface area contributed by atoms with Crippen LogP contribution in [-0.2, 0) is 15.6 Å². The summed E-state index contributed by atoms with van der Waals surface area (Å²) >= 11 is 1.83. The minimum atomic E-state index is -0.302. The van der Waals surface area contributed by atoms with Crippen molar-refractivity contribution < 1.29 is 9.31 Å². The van der Waals surface area contributed by atoms with E-state index in [9.17, 15) is 0 Å². The number of benzene rings is 3. The molecule has 30 heavy (non-hydrogen) atoms. The first-order valence-corrected chi connectivity index (χ1v) is 11.3. The van der Waals surface area contributed by atoms with Gasteiger partial charge in [-0.15, -0.1) is 0 Å². The second-order valence-corrected chi connectivity index (χ2v) is 10.0. The summed E-state index contributed by atoms with van der Waals surface area (Å²) in [6.45, 7) is 8.41. The summed E-state index contributed by atoms with van der Waals surface area (Å²) in [5, 5.41) is 0. The Morgan fingerprint density at radius 3 is 2.13 bits per heavy atom. The molecule has 2 aliphatic rings. The first-order chi connectivity index (χ1) is 14.3. The zero-order chi connectivity index (χ0) is 20.9. The summed E-state index contributed by atoms with van der Waals surface area (Å²) in [5.41, 5.74) is 4.23. The first kappa shape index (κ1) is 19.7. The van der Waals surface area contributed by atoms with E-state index < -0.39 is 0 Å². The molecule has 0 atom stereocenters. The van der Waals surface area contributed by atoms with Crippen LogP contribution >= 0.6 is 11.8 Å². The van der Waals surface area contributed by atoms with E-state index in [4.69, 9.17) is 9.31 Å². The second-order valence-electron chi connectivity index (χ2n) is 8.93. The highest BCUT2D eigenvalue weighted by molar-refractivity contribution is 7.99. The van der Waals surface area contributed by atoms with Gasteiger partial charge in [0.05, 0.1) is 22.6 Å². The summed E-state index contributed by atoms with van der Waals surface area (Å²) < 4.78 is 12.4. The molecule has 3 aromatic rings. The number of hydrogen-bond donors (Lipinski definition) is 0. The molecule has 5 heteroatoms. The van der Waals surface area contributed by atoms with Crippen LogP contribution in [0.4, 0.5) is 17.1 Å². The lowest BCUT2D eigenvalue weighted by Gasteiger charge is -2.33. The Kier molecular flexibility index (Phi) is 4.73. The zero-order valence-corrected chi connectivity index (χ0v) is 18.7. The van der Waals surface area contributed by atoms with Crippen LogP contribution in [-0.4, -0.2) is 18.3 Å². The van der Waals surface area contributed by atoms with Gasteiger partial charge in [0.15, 0.2) is 0 Å². The van der Waals surface area contributed by atoms with Crippen LogP contribution in [0.1, 0.15) is 33.3 Å². The van der Waals surface area contributed by atoms with E-state index in [2.05, 4.69) is 105 Å². The quantitative estimate of drug-likeness (QED) is 0.343. The monoisotopic (exact) mass is 415 g/mol. The molecular formula is C25H26BNO2S. The van der Waals surface area contributed by atoms with E-state index in [-0.39, 0.29) is 18.3 Å². The van der Waals surface area contributed by atoms with Crippen molar-refractivity contribution in [2.45, 2.75) is 55.0 Å². The van der Waals surface area contributed by atoms with Crippen LogP contribution in [0.3, 0.4) is 0 Å². The van der Waals surface area contributed by atoms with Crippen LogP contribution in [0.15, 0.2) is 82.6 Å². The molecule has 0 unspecified atom stereocenters. The third-order valence-electron chi connectivity index (χ3n) is 6.31. The lowest BCUT2D eigenvalue weighted by atomic mass is 9.81. The molecule has 0 radical (unpaired) electrons. The highest BCUT2D eigenvalue weighted by atomic mass is 32.2. The Hall–Kier alpha value is -2.21. The predicted octanol–water partition coefficient (Wildman–Crippen LogP) is 6.79. The van der Waals surface area contributed by atoms with Gasteiger partial charge in [-0.3, -0.25) is 0 Å². The Bertz CT molecular complexity index is 1070. The van der Waals surface area contributed by atoms with Crippen molar-refractivity contribution in [3.05, 3.63) is 78.4 Å². The van der Waals surface area contributed by atoms with Crippen molar-refractivity contribution in [2.24, 2.45) is 0 Å². The molecule has 1 fully saturated rings. The van der Waals surface area contributed by atoms with Gasteiger partial charge in [-0.05, 0) is 69.7 Å². The third kappa shape index (κ3) is 3.35. The van der Waals surface area contributed by atoms with Crippen molar-refractivity contribution >= 4 is 35.9 Å². The van der Waals surface area contributed by atoms with E-state index in [0.717, 1.165) is 6.32 Å². The molecule has 5 rings (SSSR count). The largest absolute Gasteiger partial charge is 0.462 e. The van der Waals surface area contributed by atoms with Crippen molar-refractivity contribution in [3.8, 4) is 0 Å². The molecule has 3 nitrogen and oxygen atoms in total. The molecule has 0 N–H and O–H groups in total. The van der Waals surface area contributed by atoms with Gasteiger partial charge in [-0.1, -0.05) is 48.2 Å². The first-order valence-electron chi connectivity index (χ1n) is 10.4. The predicted molar refractivity (Wildman–Crippen MR) is 125 cm³/mol. The minimum Gasteiger partial charge on any atom is -0.403 e. The number of nitrogens with zero attached hydrogens (tertiary/aromatic N) is 1. The van der Waals surface area contributed by atoms with Gasteiger partial charge in [0.2, 0.25) is 0 Å². The van der Waals surface area contributed by atoms with E-state index in [1.807, 2.05) is 11.8 Å². The molecule has 0 aliphatic carbocycles. The number of hydrogen-bond acceptors (Lipinski definition) is 4. The average Bonchev–Trinajstić information content (AvgIpc) is 2.92. The number of fused-ring (bicyclic) bond motifs is 2. The summed E-state index contributed by atoms with van der Waals surface area (Å²) in [5.74, 6) is 0. The molecule has 152 valence electrons. The van der Waals surface area contributed by atoms with Gasteiger partial charge in [-0.2, -0.15) is 0 Å². The van der Waals surface area contributed by atoms with Crippen LogP contribution in [0, 0.1) is 0 Å². The summed E-state index contributed by atoms with van der Waals surface area (Å²) in [4.78, 5) is 4.87. The van der Waals surface area contributed by atoms with Crippen LogP contribution in [0.5, 0.6) is 0 Å². The van der Waals surface area contributed by atoms with E-state index >= 15 is 0 Å². The Labute approximate surface area is 183 Å². The van der Waals surface area contributed by atoms with E-state index in [1.165, 1.54) is 32.4 Å². The molecule has 0 spiro atoms. The van der Waals surface area contributed by atoms with Crippen molar-refractivity contribution in [2.75, 3.05) is 4.90 Å². The highest BCUT2D eigenvalue weighted by Crippen LogP contribution is 2.51.